The molecule has 0 atom stereocenters. The number of hydrogen-bond acceptors (Lipinski definition) is 6. The number of carbonyl (C=O) groups is 1. The fourth-order valence-corrected chi connectivity index (χ4v) is 2.89. The highest BCUT2D eigenvalue weighted by molar-refractivity contribution is 7.14. The Kier molecular flexibility index (Phi) is 4.84. The molecule has 20 heavy (non-hydrogen) atoms. The summed E-state index contributed by atoms with van der Waals surface area (Å²) in [6, 6.07) is 1.88. The highest BCUT2D eigenvalue weighted by Gasteiger charge is 2.15. The number of rotatable bonds is 6. The van der Waals surface area contributed by atoms with Crippen molar-refractivity contribution in [3.8, 4) is 0 Å². The van der Waals surface area contributed by atoms with Gasteiger partial charge in [0.15, 0.2) is 12.4 Å². The molecule has 0 saturated heterocycles. The van der Waals surface area contributed by atoms with Crippen LogP contribution in [0.5, 0.6) is 0 Å². The van der Waals surface area contributed by atoms with Crippen LogP contribution in [0.2, 0.25) is 0 Å². The van der Waals surface area contributed by atoms with Gasteiger partial charge in [0.2, 0.25) is 0 Å². The molecular weight excluding hydrogens is 276 g/mol. The van der Waals surface area contributed by atoms with Crippen LogP contribution in [0.3, 0.4) is 0 Å². The molecule has 0 bridgehead atoms. The molecule has 0 aromatic carbocycles. The lowest BCUT2D eigenvalue weighted by Gasteiger charge is -2.03. The first-order valence-electron chi connectivity index (χ1n) is 6.67. The SMILES string of the molecule is CCCn1nnnc1COC(=O)c1cc(C)c(CC)s1. The van der Waals surface area contributed by atoms with Gasteiger partial charge in [-0.15, -0.1) is 16.4 Å². The largest absolute Gasteiger partial charge is 0.453 e. The number of carbonyl (C=O) groups excluding carboxylic acids is 1. The molecule has 0 radical (unpaired) electrons. The van der Waals surface area contributed by atoms with Crippen LogP contribution < -0.4 is 0 Å². The summed E-state index contributed by atoms with van der Waals surface area (Å²) in [5.74, 6) is 0.257. The molecule has 0 unspecified atom stereocenters. The Labute approximate surface area is 121 Å². The first-order valence-corrected chi connectivity index (χ1v) is 7.48. The topological polar surface area (TPSA) is 69.9 Å². The van der Waals surface area contributed by atoms with E-state index in [0.29, 0.717) is 10.7 Å². The third kappa shape index (κ3) is 3.22. The lowest BCUT2D eigenvalue weighted by atomic mass is 10.2. The average molecular weight is 294 g/mol. The first-order chi connectivity index (χ1) is 9.65. The number of aryl methyl sites for hydroxylation is 3. The number of ether oxygens (including phenoxy) is 1. The van der Waals surface area contributed by atoms with Crippen LogP contribution in [0.15, 0.2) is 6.07 Å². The summed E-state index contributed by atoms with van der Waals surface area (Å²) < 4.78 is 6.94. The molecule has 0 amide bonds. The molecule has 0 aliphatic rings. The van der Waals surface area contributed by atoms with E-state index < -0.39 is 0 Å². The van der Waals surface area contributed by atoms with Crippen molar-refractivity contribution in [2.45, 2.75) is 46.8 Å². The number of esters is 1. The van der Waals surface area contributed by atoms with Crippen molar-refractivity contribution in [2.75, 3.05) is 0 Å². The molecule has 6 nitrogen and oxygen atoms in total. The zero-order valence-corrected chi connectivity index (χ0v) is 12.7. The zero-order valence-electron chi connectivity index (χ0n) is 11.9. The molecule has 7 heteroatoms. The van der Waals surface area contributed by atoms with Crippen molar-refractivity contribution in [3.63, 3.8) is 0 Å². The van der Waals surface area contributed by atoms with Crippen LogP contribution in [0, 0.1) is 6.92 Å². The second-order valence-electron chi connectivity index (χ2n) is 4.46. The van der Waals surface area contributed by atoms with Gasteiger partial charge in [-0.1, -0.05) is 13.8 Å². The molecule has 0 saturated carbocycles. The monoisotopic (exact) mass is 294 g/mol. The van der Waals surface area contributed by atoms with E-state index in [4.69, 9.17) is 4.74 Å². The summed E-state index contributed by atoms with van der Waals surface area (Å²) in [7, 11) is 0. The Hall–Kier alpha value is -1.76. The van der Waals surface area contributed by atoms with E-state index in [-0.39, 0.29) is 12.6 Å². The van der Waals surface area contributed by atoms with Crippen molar-refractivity contribution in [1.82, 2.24) is 20.2 Å². The molecule has 0 aliphatic carbocycles. The molecule has 0 aliphatic heterocycles. The van der Waals surface area contributed by atoms with Crippen LogP contribution >= 0.6 is 11.3 Å². The van der Waals surface area contributed by atoms with Crippen LogP contribution in [0.1, 0.15) is 46.2 Å². The number of nitrogens with zero attached hydrogens (tertiary/aromatic N) is 4. The van der Waals surface area contributed by atoms with Gasteiger partial charge in [0.25, 0.3) is 0 Å². The minimum atomic E-state index is -0.316. The fourth-order valence-electron chi connectivity index (χ4n) is 1.88. The first kappa shape index (κ1) is 14.6. The molecule has 2 heterocycles. The highest BCUT2D eigenvalue weighted by atomic mass is 32.1. The Bertz CT molecular complexity index is 591. The van der Waals surface area contributed by atoms with E-state index >= 15 is 0 Å². The molecule has 0 N–H and O–H groups in total. The van der Waals surface area contributed by atoms with Crippen molar-refractivity contribution in [1.29, 1.82) is 0 Å². The van der Waals surface area contributed by atoms with E-state index in [9.17, 15) is 4.79 Å². The fraction of sp³-hybridized carbons (Fsp3) is 0.538. The minimum absolute atomic E-state index is 0.101. The van der Waals surface area contributed by atoms with Gasteiger partial charge >= 0.3 is 5.97 Å². The van der Waals surface area contributed by atoms with Gasteiger partial charge in [0.05, 0.1) is 0 Å². The maximum absolute atomic E-state index is 12.0. The molecule has 2 rings (SSSR count). The number of thiophene rings is 1. The van der Waals surface area contributed by atoms with Gasteiger partial charge in [0, 0.05) is 11.4 Å². The van der Waals surface area contributed by atoms with E-state index in [1.54, 1.807) is 4.68 Å². The maximum Gasteiger partial charge on any atom is 0.348 e. The molecular formula is C13H18N4O2S. The summed E-state index contributed by atoms with van der Waals surface area (Å²) in [6.45, 7) is 6.95. The average Bonchev–Trinajstić information content (AvgIpc) is 3.03. The van der Waals surface area contributed by atoms with Crippen LogP contribution in [0.4, 0.5) is 0 Å². The van der Waals surface area contributed by atoms with Crippen molar-refractivity contribution in [3.05, 3.63) is 27.2 Å². The standard InChI is InChI=1S/C13H18N4O2S/c1-4-6-17-12(14-15-16-17)8-19-13(18)11-7-9(3)10(5-2)20-11/h7H,4-6,8H2,1-3H3. The Balaban J connectivity index is 1.99. The molecule has 0 fully saturated rings. The number of tetrazole rings is 1. The summed E-state index contributed by atoms with van der Waals surface area (Å²) in [4.78, 5) is 13.8. The third-order valence-electron chi connectivity index (χ3n) is 2.92. The second-order valence-corrected chi connectivity index (χ2v) is 5.60. The Morgan fingerprint density at radius 2 is 2.25 bits per heavy atom. The molecule has 2 aromatic heterocycles. The summed E-state index contributed by atoms with van der Waals surface area (Å²) in [6.07, 6.45) is 1.86. The molecule has 0 spiro atoms. The lowest BCUT2D eigenvalue weighted by Crippen LogP contribution is -2.10. The quantitative estimate of drug-likeness (QED) is 0.765. The van der Waals surface area contributed by atoms with Gasteiger partial charge in [-0.05, 0) is 41.8 Å². The smallest absolute Gasteiger partial charge is 0.348 e. The van der Waals surface area contributed by atoms with E-state index in [0.717, 1.165) is 24.9 Å². The minimum Gasteiger partial charge on any atom is -0.453 e. The predicted octanol–water partition coefficient (Wildman–Crippen LogP) is 2.37. The summed E-state index contributed by atoms with van der Waals surface area (Å²) >= 11 is 1.49. The van der Waals surface area contributed by atoms with Crippen molar-refractivity contribution < 1.29 is 9.53 Å². The normalized spacial score (nSPS) is 10.8. The summed E-state index contributed by atoms with van der Waals surface area (Å²) in [5, 5.41) is 11.3. The van der Waals surface area contributed by atoms with Crippen LogP contribution in [-0.2, 0) is 24.3 Å². The van der Waals surface area contributed by atoms with Gasteiger partial charge in [0.1, 0.15) is 4.88 Å². The Morgan fingerprint density at radius 1 is 1.45 bits per heavy atom. The van der Waals surface area contributed by atoms with Gasteiger partial charge in [-0.3, -0.25) is 0 Å². The van der Waals surface area contributed by atoms with Crippen molar-refractivity contribution in [2.24, 2.45) is 0 Å². The predicted molar refractivity (Wildman–Crippen MR) is 75.7 cm³/mol. The molecule has 2 aromatic rings. The van der Waals surface area contributed by atoms with Crippen LogP contribution in [0.25, 0.3) is 0 Å². The van der Waals surface area contributed by atoms with Crippen molar-refractivity contribution >= 4 is 17.3 Å². The second kappa shape index (κ2) is 6.60. The molecule has 108 valence electrons. The van der Waals surface area contributed by atoms with E-state index in [1.165, 1.54) is 16.2 Å². The number of hydrogen-bond donors (Lipinski definition) is 0. The zero-order chi connectivity index (χ0) is 14.5. The van der Waals surface area contributed by atoms with E-state index in [1.807, 2.05) is 19.9 Å². The van der Waals surface area contributed by atoms with E-state index in [2.05, 4.69) is 22.4 Å². The van der Waals surface area contributed by atoms with Gasteiger partial charge in [-0.2, -0.15) is 0 Å². The highest BCUT2D eigenvalue weighted by Crippen LogP contribution is 2.23. The van der Waals surface area contributed by atoms with Crippen LogP contribution in [-0.4, -0.2) is 26.2 Å². The van der Waals surface area contributed by atoms with Gasteiger partial charge in [-0.25, -0.2) is 9.48 Å². The maximum atomic E-state index is 12.0. The summed E-state index contributed by atoms with van der Waals surface area (Å²) in [5.41, 5.74) is 1.14. The Morgan fingerprint density at radius 3 is 2.90 bits per heavy atom. The van der Waals surface area contributed by atoms with Gasteiger partial charge < -0.3 is 4.74 Å². The lowest BCUT2D eigenvalue weighted by molar-refractivity contribution is 0.0462. The number of aromatic nitrogens is 4. The third-order valence-corrected chi connectivity index (χ3v) is 4.28.